The fourth-order valence-electron chi connectivity index (χ4n) is 2.64. The number of hydrogen-bond donors (Lipinski definition) is 0. The molecule has 0 heterocycles. The average Bonchev–Trinajstić information content (AvgIpc) is 2.77. The topological polar surface area (TPSA) is 0 Å². The van der Waals surface area contributed by atoms with Crippen molar-refractivity contribution in [3.8, 4) is 11.1 Å². The largest absolute Gasteiger partial charge is 0.147 e. The van der Waals surface area contributed by atoms with Crippen molar-refractivity contribution in [2.75, 3.05) is 0 Å². The van der Waals surface area contributed by atoms with Gasteiger partial charge in [-0.3, -0.25) is 0 Å². The first-order valence-corrected chi connectivity index (χ1v) is 7.83. The maximum atomic E-state index is 2.41. The zero-order chi connectivity index (χ0) is 12.5. The second-order valence-electron chi connectivity index (χ2n) is 4.68. The third-order valence-corrected chi connectivity index (χ3v) is 5.32. The molecule has 3 rings (SSSR count). The van der Waals surface area contributed by atoms with Gasteiger partial charge >= 0.3 is 124 Å². The molecule has 1 aliphatic carbocycles. The van der Waals surface area contributed by atoms with E-state index in [-0.39, 0.29) is 51.0 Å². The summed E-state index contributed by atoms with van der Waals surface area (Å²) in [5.74, 6) is 0. The van der Waals surface area contributed by atoms with E-state index in [1.165, 1.54) is 28.7 Å². The van der Waals surface area contributed by atoms with Crippen molar-refractivity contribution in [3.63, 3.8) is 0 Å². The van der Waals surface area contributed by atoms with Crippen LogP contribution < -0.4 is 0 Å². The Labute approximate surface area is 173 Å². The molecule has 107 valence electrons. The van der Waals surface area contributed by atoms with Crippen molar-refractivity contribution in [1.29, 1.82) is 0 Å². The van der Waals surface area contributed by atoms with Crippen molar-refractivity contribution < 1.29 is 50.9 Å². The molecular formula is C17H17Cl2Zr2. The van der Waals surface area contributed by atoms with E-state index >= 15 is 0 Å². The van der Waals surface area contributed by atoms with Crippen LogP contribution in [0.25, 0.3) is 17.2 Å². The van der Waals surface area contributed by atoms with Crippen LogP contribution in [0.5, 0.6) is 0 Å². The Morgan fingerprint density at radius 2 is 1.62 bits per heavy atom. The van der Waals surface area contributed by atoms with Gasteiger partial charge in [0.15, 0.2) is 0 Å². The first-order chi connectivity index (χ1) is 8.81. The number of benzene rings is 2. The van der Waals surface area contributed by atoms with E-state index < -0.39 is 0 Å². The smallest absolute Gasteiger partial charge is 0 e. The van der Waals surface area contributed by atoms with Crippen molar-refractivity contribution in [2.45, 2.75) is 17.0 Å². The molecule has 21 heavy (non-hydrogen) atoms. The number of hydrogen-bond acceptors (Lipinski definition) is 0. The third-order valence-electron chi connectivity index (χ3n) is 3.64. The molecule has 1 atom stereocenters. The molecule has 0 nitrogen and oxygen atoms in total. The van der Waals surface area contributed by atoms with Gasteiger partial charge in [-0.25, -0.2) is 0 Å². The van der Waals surface area contributed by atoms with Gasteiger partial charge in [0.25, 0.3) is 0 Å². The molecule has 0 spiro atoms. The molecule has 0 saturated heterocycles. The Bertz CT molecular complexity index is 609. The van der Waals surface area contributed by atoms with Gasteiger partial charge < -0.3 is 0 Å². The minimum Gasteiger partial charge on any atom is -0.147 e. The Morgan fingerprint density at radius 1 is 0.952 bits per heavy atom. The number of fused-ring (bicyclic) bond motifs is 1. The van der Waals surface area contributed by atoms with Gasteiger partial charge in [-0.15, -0.1) is 24.8 Å². The fourth-order valence-corrected chi connectivity index (χ4v) is 3.97. The minimum absolute atomic E-state index is 0. The van der Waals surface area contributed by atoms with Crippen LogP contribution in [0.15, 0.2) is 54.1 Å². The average molecular weight is 475 g/mol. The molecule has 0 saturated carbocycles. The van der Waals surface area contributed by atoms with Gasteiger partial charge in [0.05, 0.1) is 0 Å². The number of halogens is 2. The van der Waals surface area contributed by atoms with Crippen LogP contribution in [-0.2, 0) is 50.9 Å². The second-order valence-corrected chi connectivity index (χ2v) is 6.10. The maximum Gasteiger partial charge on any atom is 0 e. The van der Waals surface area contributed by atoms with E-state index in [1.807, 2.05) is 0 Å². The fraction of sp³-hybridized carbons (Fsp3) is 0.176. The van der Waals surface area contributed by atoms with Crippen molar-refractivity contribution >= 4 is 30.9 Å². The normalized spacial score (nSPS) is 14.9. The monoisotopic (exact) mass is 471 g/mol. The van der Waals surface area contributed by atoms with E-state index in [2.05, 4.69) is 61.5 Å². The van der Waals surface area contributed by atoms with Crippen LogP contribution in [0.2, 0.25) is 0 Å². The predicted octanol–water partition coefficient (Wildman–Crippen LogP) is 5.59. The van der Waals surface area contributed by atoms with Crippen LogP contribution >= 0.6 is 24.8 Å². The summed E-state index contributed by atoms with van der Waals surface area (Å²) in [5, 5.41) is 0. The van der Waals surface area contributed by atoms with Gasteiger partial charge in [0.1, 0.15) is 0 Å². The predicted molar refractivity (Wildman–Crippen MR) is 87.4 cm³/mol. The zero-order valence-corrected chi connectivity index (χ0v) is 18.3. The molecule has 2 aromatic rings. The summed E-state index contributed by atoms with van der Waals surface area (Å²) in [6, 6.07) is 17.4. The molecule has 4 heteroatoms. The van der Waals surface area contributed by atoms with E-state index in [1.54, 1.807) is 30.3 Å². The summed E-state index contributed by atoms with van der Waals surface area (Å²) in [7, 11) is 0. The van der Waals surface area contributed by atoms with Gasteiger partial charge in [0, 0.05) is 26.2 Å². The van der Waals surface area contributed by atoms with E-state index in [9.17, 15) is 0 Å². The van der Waals surface area contributed by atoms with E-state index in [4.69, 9.17) is 0 Å². The summed E-state index contributed by atoms with van der Waals surface area (Å²) in [6.07, 6.45) is 3.58. The Kier molecular flexibility index (Phi) is 9.86. The Hall–Kier alpha value is 0.526. The first-order valence-electron chi connectivity index (χ1n) is 6.41. The molecular weight excluding hydrogens is 458 g/mol. The van der Waals surface area contributed by atoms with Gasteiger partial charge in [-0.2, -0.15) is 0 Å². The summed E-state index contributed by atoms with van der Waals surface area (Å²) < 4.78 is 0.667. The van der Waals surface area contributed by atoms with Crippen molar-refractivity contribution in [2.24, 2.45) is 0 Å². The quantitative estimate of drug-likeness (QED) is 0.532. The van der Waals surface area contributed by atoms with E-state index in [0.717, 1.165) is 0 Å². The van der Waals surface area contributed by atoms with Crippen molar-refractivity contribution in [1.82, 2.24) is 0 Å². The molecule has 0 fully saturated rings. The first kappa shape index (κ1) is 21.5. The molecule has 0 aromatic heterocycles. The van der Waals surface area contributed by atoms with Crippen LogP contribution in [0.4, 0.5) is 0 Å². The Balaban J connectivity index is 0.00000133. The van der Waals surface area contributed by atoms with Crippen molar-refractivity contribution in [3.05, 3.63) is 65.2 Å². The SMILES string of the molecule is CCC1=Cc2c(-c3ccccc3)cccc2[CH]1[Zr].Cl.Cl.[Zr]. The van der Waals surface area contributed by atoms with Crippen LogP contribution in [0.3, 0.4) is 0 Å². The molecule has 2 aromatic carbocycles. The zero-order valence-electron chi connectivity index (χ0n) is 11.8. The van der Waals surface area contributed by atoms with Crippen LogP contribution in [0.1, 0.15) is 28.1 Å². The molecule has 0 aliphatic heterocycles. The Morgan fingerprint density at radius 3 is 2.24 bits per heavy atom. The van der Waals surface area contributed by atoms with Crippen LogP contribution in [0, 0.1) is 0 Å². The summed E-state index contributed by atoms with van der Waals surface area (Å²) in [4.78, 5) is 0. The second kappa shape index (κ2) is 9.62. The molecule has 0 amide bonds. The summed E-state index contributed by atoms with van der Waals surface area (Å²) >= 11 is 1.60. The number of rotatable bonds is 2. The summed E-state index contributed by atoms with van der Waals surface area (Å²) in [5.41, 5.74) is 7.26. The molecule has 0 bridgehead atoms. The number of allylic oxidation sites excluding steroid dienone is 1. The van der Waals surface area contributed by atoms with Crippen LogP contribution in [-0.4, -0.2) is 0 Å². The van der Waals surface area contributed by atoms with E-state index in [0.29, 0.717) is 3.63 Å². The molecule has 0 radical (unpaired) electrons. The van der Waals surface area contributed by atoms with Gasteiger partial charge in [-0.1, -0.05) is 0 Å². The molecule has 0 N–H and O–H groups in total. The standard InChI is InChI=1S/C17H15.2ClH.2Zr/c1-2-13-11-15-9-6-10-16(17(15)12-13)14-7-4-3-5-8-14;;;;/h3-12H,2H2,1H3;2*1H;;. The minimum atomic E-state index is 0. The summed E-state index contributed by atoms with van der Waals surface area (Å²) in [6.45, 7) is 2.26. The maximum absolute atomic E-state index is 2.41. The van der Waals surface area contributed by atoms with Gasteiger partial charge in [-0.05, 0) is 0 Å². The molecule has 1 aliphatic rings. The third kappa shape index (κ3) is 4.29. The van der Waals surface area contributed by atoms with Gasteiger partial charge in [0.2, 0.25) is 0 Å². The molecule has 1 unspecified atom stereocenters.